The predicted octanol–water partition coefficient (Wildman–Crippen LogP) is 1.66. The Hall–Kier alpha value is -1.82. The highest BCUT2D eigenvalue weighted by Crippen LogP contribution is 2.11. The molecule has 1 rings (SSSR count). The number of carbonyl (C=O) groups is 1. The molecule has 0 saturated heterocycles. The van der Waals surface area contributed by atoms with Gasteiger partial charge in [0.25, 0.3) is 0 Å². The van der Waals surface area contributed by atoms with Crippen molar-refractivity contribution in [2.24, 2.45) is 0 Å². The Morgan fingerprint density at radius 2 is 1.89 bits per heavy atom. The number of nitroso groups, excluding NO2 is 1. The lowest BCUT2D eigenvalue weighted by Crippen LogP contribution is -2.18. The van der Waals surface area contributed by atoms with E-state index in [1.807, 2.05) is 0 Å². The van der Waals surface area contributed by atoms with Crippen LogP contribution in [-0.4, -0.2) is 14.3 Å². The van der Waals surface area contributed by atoms with Crippen LogP contribution in [0.2, 0.25) is 0 Å². The fraction of sp³-hybridized carbons (Fsp3) is 0.250. The normalized spacial score (nSPS) is 11.7. The van der Waals surface area contributed by atoms with Crippen LogP contribution in [0.3, 0.4) is 0 Å². The van der Waals surface area contributed by atoms with Gasteiger partial charge in [0.15, 0.2) is 0 Å². The molecule has 1 atom stereocenters. The summed E-state index contributed by atoms with van der Waals surface area (Å²) in [6, 6.07) is 6.63. The third kappa shape index (κ3) is 3.89. The van der Waals surface area contributed by atoms with Crippen LogP contribution in [0.4, 0.5) is 0 Å². The summed E-state index contributed by atoms with van der Waals surface area (Å²) < 4.78 is 12.1. The number of carbonyl (C=O) groups excluding carboxylic acids is 1. The van der Waals surface area contributed by atoms with Crippen LogP contribution in [0.1, 0.15) is 19.4 Å². The van der Waals surface area contributed by atoms with Crippen molar-refractivity contribution < 1.29 is 13.2 Å². The van der Waals surface area contributed by atoms with E-state index in [9.17, 15) is 13.9 Å². The lowest BCUT2D eigenvalue weighted by Gasteiger charge is -2.02. The first-order valence-electron chi connectivity index (χ1n) is 5.30. The first kappa shape index (κ1) is 14.2. The van der Waals surface area contributed by atoms with Gasteiger partial charge in [0.05, 0.1) is 0 Å². The van der Waals surface area contributed by atoms with E-state index in [4.69, 9.17) is 0 Å². The van der Waals surface area contributed by atoms with Crippen molar-refractivity contribution in [2.75, 3.05) is 0 Å². The van der Waals surface area contributed by atoms with Gasteiger partial charge in [-0.1, -0.05) is 12.1 Å². The molecule has 1 amide bonds. The molecule has 0 aliphatic rings. The predicted molar refractivity (Wildman–Crippen MR) is 68.8 cm³/mol. The number of allylic oxidation sites excluding steroid dienone is 1. The van der Waals surface area contributed by atoms with Crippen LogP contribution in [0, 0.1) is 4.91 Å². The molecular weight excluding hydrogens is 252 g/mol. The van der Waals surface area contributed by atoms with Crippen molar-refractivity contribution in [3.05, 3.63) is 47.0 Å². The van der Waals surface area contributed by atoms with Crippen molar-refractivity contribution in [2.45, 2.75) is 25.3 Å². The van der Waals surface area contributed by atoms with Crippen LogP contribution >= 0.6 is 0 Å². The summed E-state index contributed by atoms with van der Waals surface area (Å²) in [5.74, 6) is -0.115. The fourth-order valence-electron chi connectivity index (χ4n) is 1.19. The molecule has 0 spiro atoms. The molecule has 0 fully saturated rings. The highest BCUT2D eigenvalue weighted by Gasteiger charge is 2.23. The summed E-state index contributed by atoms with van der Waals surface area (Å²) in [7, 11) is -1.79. The van der Waals surface area contributed by atoms with Gasteiger partial charge >= 0.3 is 11.0 Å². The molecule has 1 aromatic carbocycles. The first-order valence-corrected chi connectivity index (χ1v) is 6.40. The zero-order chi connectivity index (χ0) is 13.7. The van der Waals surface area contributed by atoms with Crippen LogP contribution in [-0.2, 0) is 22.3 Å². The van der Waals surface area contributed by atoms with Gasteiger partial charge in [0.2, 0.25) is 11.6 Å². The topological polar surface area (TPSA) is 66.2 Å². The maximum Gasteiger partial charge on any atom is 0.369 e. The lowest BCUT2D eigenvalue weighted by molar-refractivity contribution is -0.319. The number of amides is 1. The minimum atomic E-state index is -1.79. The van der Waals surface area contributed by atoms with Gasteiger partial charge in [0, 0.05) is 25.3 Å². The van der Waals surface area contributed by atoms with Gasteiger partial charge in [0.1, 0.15) is 9.06 Å². The minimum absolute atomic E-state index is 0.115. The summed E-state index contributed by atoms with van der Waals surface area (Å²) in [5, 5.41) is 2.65. The van der Waals surface area contributed by atoms with Gasteiger partial charge in [-0.25, -0.2) is 0 Å². The molecule has 0 heterocycles. The summed E-state index contributed by atoms with van der Waals surface area (Å²) in [6.45, 7) is 6.78. The molecule has 1 unspecified atom stereocenters. The number of rotatable bonds is 5. The summed E-state index contributed by atoms with van der Waals surface area (Å²) >= 11 is 0. The van der Waals surface area contributed by atoms with E-state index in [1.54, 1.807) is 24.3 Å². The molecule has 0 aromatic heterocycles. The molecule has 0 aliphatic heterocycles. The Labute approximate surface area is 108 Å². The smallest absolute Gasteiger partial charge is 0.352 e. The number of hydrogen-bond acceptors (Lipinski definition) is 3. The molecule has 1 N–H and O–H groups in total. The van der Waals surface area contributed by atoms with E-state index in [0.29, 0.717) is 15.6 Å². The van der Waals surface area contributed by atoms with Gasteiger partial charge in [-0.15, -0.1) is 0 Å². The third-order valence-corrected chi connectivity index (χ3v) is 3.42. The highest BCUT2D eigenvalue weighted by molar-refractivity contribution is 7.78. The van der Waals surface area contributed by atoms with Gasteiger partial charge < -0.3 is 5.32 Å². The molecule has 6 heteroatoms. The Balaban J connectivity index is 2.76. The van der Waals surface area contributed by atoms with Gasteiger partial charge in [-0.2, -0.15) is 4.21 Å². The summed E-state index contributed by atoms with van der Waals surface area (Å²) in [5.41, 5.74) is 1.06. The van der Waals surface area contributed by atoms with E-state index >= 15 is 0 Å². The molecule has 96 valence electrons. The monoisotopic (exact) mass is 267 g/mol. The quantitative estimate of drug-likeness (QED) is 0.825. The van der Waals surface area contributed by atoms with Crippen molar-refractivity contribution in [1.82, 2.24) is 5.32 Å². The highest BCUT2D eigenvalue weighted by atomic mass is 32.2. The average molecular weight is 267 g/mol. The number of nitrogens with zero attached hydrogens (tertiary/aromatic N) is 1. The van der Waals surface area contributed by atoms with E-state index in [1.165, 1.54) is 13.8 Å². The molecule has 18 heavy (non-hydrogen) atoms. The largest absolute Gasteiger partial charge is 0.369 e. The number of benzene rings is 1. The second-order valence-corrected chi connectivity index (χ2v) is 5.10. The molecule has 0 aliphatic carbocycles. The van der Waals surface area contributed by atoms with Gasteiger partial charge in [-0.05, 0) is 24.3 Å². The van der Waals surface area contributed by atoms with Crippen LogP contribution in [0.25, 0.3) is 0 Å². The Morgan fingerprint density at radius 3 is 2.33 bits per heavy atom. The van der Waals surface area contributed by atoms with Crippen molar-refractivity contribution >= 4 is 16.9 Å². The minimum Gasteiger partial charge on any atom is -0.352 e. The molecule has 5 nitrogen and oxygen atoms in total. The molecule has 0 radical (unpaired) electrons. The van der Waals surface area contributed by atoms with E-state index in [2.05, 4.69) is 11.9 Å². The summed E-state index contributed by atoms with van der Waals surface area (Å²) in [6.07, 6.45) is 0. The van der Waals surface area contributed by atoms with Crippen molar-refractivity contribution in [3.63, 3.8) is 0 Å². The molecule has 0 bridgehead atoms. The zero-order valence-electron chi connectivity index (χ0n) is 10.3. The Bertz CT molecular complexity index is 509. The number of nitrogens with one attached hydrogen (secondary N) is 1. The Kier molecular flexibility index (Phi) is 4.91. The van der Waals surface area contributed by atoms with Gasteiger partial charge in [-0.3, -0.25) is 4.79 Å². The van der Waals surface area contributed by atoms with Crippen LogP contribution in [0.5, 0.6) is 0 Å². The van der Waals surface area contributed by atoms with Crippen molar-refractivity contribution in [1.29, 1.82) is 0 Å². The van der Waals surface area contributed by atoms with E-state index in [-0.39, 0.29) is 11.6 Å². The summed E-state index contributed by atoms with van der Waals surface area (Å²) in [4.78, 5) is 22.5. The second kappa shape index (κ2) is 6.20. The lowest BCUT2D eigenvalue weighted by atomic mass is 10.2. The SMILES string of the molecule is C=C(C)[N+](=O)S(=O)c1ccc(CNC(C)=O)cc1. The number of hydrogen-bond donors (Lipinski definition) is 1. The maximum atomic E-state index is 11.8. The third-order valence-electron chi connectivity index (χ3n) is 2.13. The standard InChI is InChI=1S/C12H14N2O3S/c1-9(2)14(16)18(17)12-6-4-11(5-7-12)8-13-10(3)15/h4-7H,1,8H2,2-3H3/p+1. The molecule has 0 saturated carbocycles. The molecular formula is C12H15N2O3S+. The zero-order valence-corrected chi connectivity index (χ0v) is 11.1. The average Bonchev–Trinajstić information content (AvgIpc) is 2.35. The van der Waals surface area contributed by atoms with E-state index in [0.717, 1.165) is 5.56 Å². The Morgan fingerprint density at radius 1 is 1.33 bits per heavy atom. The first-order chi connectivity index (χ1) is 8.41. The molecule has 1 aromatic rings. The second-order valence-electron chi connectivity index (χ2n) is 3.80. The fourth-order valence-corrected chi connectivity index (χ4v) is 2.03. The van der Waals surface area contributed by atoms with Crippen LogP contribution < -0.4 is 5.32 Å². The maximum absolute atomic E-state index is 11.8. The van der Waals surface area contributed by atoms with E-state index < -0.39 is 11.0 Å². The van der Waals surface area contributed by atoms with Crippen LogP contribution in [0.15, 0.2) is 41.4 Å². The van der Waals surface area contributed by atoms with Crippen molar-refractivity contribution in [3.8, 4) is 0 Å².